The van der Waals surface area contributed by atoms with Crippen LogP contribution in [0.2, 0.25) is 0 Å². The molecular weight excluding hydrogens is 228 g/mol. The Morgan fingerprint density at radius 3 is 2.61 bits per heavy atom. The van der Waals surface area contributed by atoms with Gasteiger partial charge >= 0.3 is 0 Å². The highest BCUT2D eigenvalue weighted by Crippen LogP contribution is 2.14. The maximum Gasteiger partial charge on any atom is 0.148 e. The van der Waals surface area contributed by atoms with E-state index in [-0.39, 0.29) is 0 Å². The highest BCUT2D eigenvalue weighted by atomic mass is 15.4. The lowest BCUT2D eigenvalue weighted by atomic mass is 10.2. The van der Waals surface area contributed by atoms with Crippen molar-refractivity contribution in [2.45, 2.75) is 46.8 Å². The average molecular weight is 248 g/mol. The molecule has 98 valence electrons. The van der Waals surface area contributed by atoms with E-state index in [2.05, 4.69) is 29.0 Å². The van der Waals surface area contributed by atoms with Crippen LogP contribution in [0.4, 0.5) is 0 Å². The zero-order valence-corrected chi connectivity index (χ0v) is 11.4. The predicted molar refractivity (Wildman–Crippen MR) is 69.1 cm³/mol. The van der Waals surface area contributed by atoms with Gasteiger partial charge in [0, 0.05) is 23.8 Å². The van der Waals surface area contributed by atoms with Crippen LogP contribution in [0, 0.1) is 13.8 Å². The lowest BCUT2D eigenvalue weighted by Crippen LogP contribution is -2.14. The first-order valence-corrected chi connectivity index (χ1v) is 6.16. The molecule has 2 aromatic heterocycles. The summed E-state index contributed by atoms with van der Waals surface area (Å²) in [5.41, 5.74) is 8.94. The minimum absolute atomic E-state index is 0.299. The van der Waals surface area contributed by atoms with Gasteiger partial charge in [-0.25, -0.2) is 9.67 Å². The van der Waals surface area contributed by atoms with Crippen LogP contribution in [-0.4, -0.2) is 24.5 Å². The Balaban J connectivity index is 2.32. The maximum atomic E-state index is 5.73. The lowest BCUT2D eigenvalue weighted by Gasteiger charge is -2.10. The van der Waals surface area contributed by atoms with Gasteiger partial charge < -0.3 is 5.73 Å². The van der Waals surface area contributed by atoms with Gasteiger partial charge in [0.15, 0.2) is 0 Å². The van der Waals surface area contributed by atoms with Crippen molar-refractivity contribution in [2.75, 3.05) is 0 Å². The predicted octanol–water partition coefficient (Wildman–Crippen LogP) is 1.18. The van der Waals surface area contributed by atoms with Gasteiger partial charge in [0.2, 0.25) is 0 Å². The van der Waals surface area contributed by atoms with Crippen LogP contribution in [-0.2, 0) is 13.1 Å². The fourth-order valence-electron chi connectivity index (χ4n) is 2.14. The first kappa shape index (κ1) is 12.8. The third-order valence-electron chi connectivity index (χ3n) is 3.16. The number of aryl methyl sites for hydroxylation is 1. The van der Waals surface area contributed by atoms with Gasteiger partial charge in [0.25, 0.3) is 0 Å². The van der Waals surface area contributed by atoms with Crippen molar-refractivity contribution >= 4 is 0 Å². The molecule has 2 heterocycles. The Bertz CT molecular complexity index is 537. The summed E-state index contributed by atoms with van der Waals surface area (Å²) in [6.45, 7) is 9.35. The molecule has 0 radical (unpaired) electrons. The molecule has 6 nitrogen and oxygen atoms in total. The van der Waals surface area contributed by atoms with Gasteiger partial charge in [-0.3, -0.25) is 4.68 Å². The number of aromatic nitrogens is 5. The summed E-state index contributed by atoms with van der Waals surface area (Å²) in [6, 6.07) is 0.299. The molecule has 0 atom stereocenters. The molecular formula is C12H20N6. The first-order valence-electron chi connectivity index (χ1n) is 6.16. The second kappa shape index (κ2) is 4.89. The molecule has 0 aliphatic heterocycles. The van der Waals surface area contributed by atoms with E-state index < -0.39 is 0 Å². The molecule has 2 rings (SSSR count). The number of hydrogen-bond donors (Lipinski definition) is 1. The Kier molecular flexibility index (Phi) is 3.47. The maximum absolute atomic E-state index is 5.73. The van der Waals surface area contributed by atoms with E-state index in [0.29, 0.717) is 19.1 Å². The molecule has 0 bridgehead atoms. The van der Waals surface area contributed by atoms with Crippen LogP contribution in [0.1, 0.15) is 42.7 Å². The first-order chi connectivity index (χ1) is 8.54. The summed E-state index contributed by atoms with van der Waals surface area (Å²) >= 11 is 0. The molecule has 0 saturated carbocycles. The van der Waals surface area contributed by atoms with Crippen molar-refractivity contribution in [3.8, 4) is 0 Å². The Hall–Kier alpha value is -1.69. The zero-order chi connectivity index (χ0) is 13.3. The molecule has 18 heavy (non-hydrogen) atoms. The minimum Gasteiger partial charge on any atom is -0.326 e. The number of rotatable bonds is 4. The van der Waals surface area contributed by atoms with Crippen molar-refractivity contribution in [3.05, 3.63) is 29.1 Å². The zero-order valence-electron chi connectivity index (χ0n) is 11.4. The molecule has 0 unspecified atom stereocenters. The van der Waals surface area contributed by atoms with Gasteiger partial charge in [-0.2, -0.15) is 10.2 Å². The fourth-order valence-corrected chi connectivity index (χ4v) is 2.14. The van der Waals surface area contributed by atoms with E-state index >= 15 is 0 Å². The normalized spacial score (nSPS) is 11.4. The van der Waals surface area contributed by atoms with Gasteiger partial charge in [-0.1, -0.05) is 0 Å². The van der Waals surface area contributed by atoms with E-state index in [1.165, 1.54) is 0 Å². The molecule has 0 aliphatic carbocycles. The fraction of sp³-hybridized carbons (Fsp3) is 0.583. The highest BCUT2D eigenvalue weighted by molar-refractivity contribution is 5.24. The van der Waals surface area contributed by atoms with Crippen LogP contribution in [0.3, 0.4) is 0 Å². The summed E-state index contributed by atoms with van der Waals surface area (Å²) < 4.78 is 3.86. The van der Waals surface area contributed by atoms with Crippen molar-refractivity contribution in [2.24, 2.45) is 5.73 Å². The van der Waals surface area contributed by atoms with Gasteiger partial charge in [0.1, 0.15) is 18.7 Å². The monoisotopic (exact) mass is 248 g/mol. The standard InChI is InChI=1S/C12H20N6/c1-8(2)18-12(14-7-15-18)6-17-10(4)11(5-13)9(3)16-17/h7-8H,5-6,13H2,1-4H3. The van der Waals surface area contributed by atoms with Crippen LogP contribution in [0.15, 0.2) is 6.33 Å². The third kappa shape index (κ3) is 2.15. The van der Waals surface area contributed by atoms with Crippen molar-refractivity contribution in [3.63, 3.8) is 0 Å². The minimum atomic E-state index is 0.299. The van der Waals surface area contributed by atoms with E-state index in [1.54, 1.807) is 6.33 Å². The lowest BCUT2D eigenvalue weighted by molar-refractivity contribution is 0.485. The van der Waals surface area contributed by atoms with E-state index in [1.807, 2.05) is 23.2 Å². The van der Waals surface area contributed by atoms with Gasteiger partial charge in [0.05, 0.1) is 5.69 Å². The molecule has 2 aromatic rings. The second-order valence-electron chi connectivity index (χ2n) is 4.73. The summed E-state index contributed by atoms with van der Waals surface area (Å²) in [5.74, 6) is 0.916. The quantitative estimate of drug-likeness (QED) is 0.881. The van der Waals surface area contributed by atoms with Crippen LogP contribution in [0.25, 0.3) is 0 Å². The van der Waals surface area contributed by atoms with Crippen LogP contribution in [0.5, 0.6) is 0 Å². The van der Waals surface area contributed by atoms with E-state index in [0.717, 1.165) is 22.8 Å². The molecule has 0 aliphatic rings. The SMILES string of the molecule is Cc1nn(Cc2ncnn2C(C)C)c(C)c1CN. The highest BCUT2D eigenvalue weighted by Gasteiger charge is 2.13. The summed E-state index contributed by atoms with van der Waals surface area (Å²) in [4.78, 5) is 4.30. The van der Waals surface area contributed by atoms with E-state index in [4.69, 9.17) is 5.73 Å². The Labute approximate surface area is 107 Å². The second-order valence-corrected chi connectivity index (χ2v) is 4.73. The van der Waals surface area contributed by atoms with Crippen LogP contribution >= 0.6 is 0 Å². The summed E-state index contributed by atoms with van der Waals surface area (Å²) in [6.07, 6.45) is 1.59. The topological polar surface area (TPSA) is 74.5 Å². The summed E-state index contributed by atoms with van der Waals surface area (Å²) in [5, 5.41) is 8.74. The van der Waals surface area contributed by atoms with Gasteiger partial charge in [-0.15, -0.1) is 0 Å². The van der Waals surface area contributed by atoms with Gasteiger partial charge in [-0.05, 0) is 27.7 Å². The smallest absolute Gasteiger partial charge is 0.148 e. The Morgan fingerprint density at radius 1 is 1.33 bits per heavy atom. The third-order valence-corrected chi connectivity index (χ3v) is 3.16. The summed E-state index contributed by atoms with van der Waals surface area (Å²) in [7, 11) is 0. The molecule has 2 N–H and O–H groups in total. The molecule has 0 saturated heterocycles. The number of hydrogen-bond acceptors (Lipinski definition) is 4. The average Bonchev–Trinajstić information content (AvgIpc) is 2.86. The molecule has 0 amide bonds. The number of nitrogens with two attached hydrogens (primary N) is 1. The van der Waals surface area contributed by atoms with E-state index in [9.17, 15) is 0 Å². The van der Waals surface area contributed by atoms with Crippen molar-refractivity contribution < 1.29 is 0 Å². The molecule has 6 heteroatoms. The Morgan fingerprint density at radius 2 is 2.06 bits per heavy atom. The van der Waals surface area contributed by atoms with Crippen molar-refractivity contribution in [1.29, 1.82) is 0 Å². The number of nitrogens with zero attached hydrogens (tertiary/aromatic N) is 5. The largest absolute Gasteiger partial charge is 0.326 e. The molecule has 0 fully saturated rings. The molecule has 0 aromatic carbocycles. The van der Waals surface area contributed by atoms with Crippen molar-refractivity contribution in [1.82, 2.24) is 24.5 Å². The molecule has 0 spiro atoms. The van der Waals surface area contributed by atoms with Crippen LogP contribution < -0.4 is 5.73 Å².